The Morgan fingerprint density at radius 1 is 0.739 bits per heavy atom. The van der Waals surface area contributed by atoms with E-state index >= 15 is 0 Å². The van der Waals surface area contributed by atoms with E-state index in [1.54, 1.807) is 11.3 Å². The summed E-state index contributed by atoms with van der Waals surface area (Å²) >= 11 is 1.72. The summed E-state index contributed by atoms with van der Waals surface area (Å²) < 4.78 is 2.34. The molecule has 4 heteroatoms. The van der Waals surface area contributed by atoms with Crippen molar-refractivity contribution < 1.29 is 0 Å². The molecule has 4 heterocycles. The molecular weight excluding hydrogens is 302 g/mol. The first-order chi connectivity index (χ1) is 11.4. The standard InChI is InChI=1S/C19H11N3S/c1-2-4-14-12(3-1)5-6-15(21-14)16-7-8-17-19(22-16)13-9-10-20-11-18(13)23-17/h1-11H. The third-order valence-corrected chi connectivity index (χ3v) is 5.07. The molecule has 5 aromatic rings. The van der Waals surface area contributed by atoms with Gasteiger partial charge in [-0.3, -0.25) is 4.98 Å². The van der Waals surface area contributed by atoms with Crippen molar-refractivity contribution in [3.8, 4) is 11.4 Å². The molecule has 0 aliphatic carbocycles. The lowest BCUT2D eigenvalue weighted by molar-refractivity contribution is 1.32. The van der Waals surface area contributed by atoms with E-state index in [-0.39, 0.29) is 0 Å². The molecule has 0 unspecified atom stereocenters. The maximum Gasteiger partial charge on any atom is 0.0897 e. The summed E-state index contributed by atoms with van der Waals surface area (Å²) in [6.07, 6.45) is 3.72. The van der Waals surface area contributed by atoms with Crippen LogP contribution < -0.4 is 0 Å². The lowest BCUT2D eigenvalue weighted by Gasteiger charge is -2.03. The van der Waals surface area contributed by atoms with E-state index < -0.39 is 0 Å². The zero-order valence-electron chi connectivity index (χ0n) is 12.1. The monoisotopic (exact) mass is 313 g/mol. The Morgan fingerprint density at radius 3 is 2.61 bits per heavy atom. The second-order valence-electron chi connectivity index (χ2n) is 5.41. The molecule has 0 aliphatic rings. The molecule has 0 amide bonds. The summed E-state index contributed by atoms with van der Waals surface area (Å²) in [5.41, 5.74) is 3.82. The Morgan fingerprint density at radius 2 is 1.61 bits per heavy atom. The van der Waals surface area contributed by atoms with Crippen molar-refractivity contribution in [1.82, 2.24) is 15.0 Å². The van der Waals surface area contributed by atoms with Crippen molar-refractivity contribution in [1.29, 1.82) is 0 Å². The number of hydrogen-bond donors (Lipinski definition) is 0. The van der Waals surface area contributed by atoms with Gasteiger partial charge in [0.15, 0.2) is 0 Å². The van der Waals surface area contributed by atoms with Crippen LogP contribution in [0.1, 0.15) is 0 Å². The van der Waals surface area contributed by atoms with E-state index in [4.69, 9.17) is 9.97 Å². The van der Waals surface area contributed by atoms with Gasteiger partial charge in [0.05, 0.1) is 31.8 Å². The lowest BCUT2D eigenvalue weighted by atomic mass is 10.1. The fraction of sp³-hybridized carbons (Fsp3) is 0. The second-order valence-corrected chi connectivity index (χ2v) is 6.49. The third kappa shape index (κ3) is 1.99. The maximum absolute atomic E-state index is 4.86. The van der Waals surface area contributed by atoms with Crippen LogP contribution in [0, 0.1) is 0 Å². The molecule has 0 fully saturated rings. The lowest BCUT2D eigenvalue weighted by Crippen LogP contribution is -1.88. The molecule has 108 valence electrons. The van der Waals surface area contributed by atoms with Crippen LogP contribution in [0.5, 0.6) is 0 Å². The Bertz CT molecular complexity index is 1180. The first kappa shape index (κ1) is 12.7. The van der Waals surface area contributed by atoms with Crippen LogP contribution in [0.4, 0.5) is 0 Å². The average Bonchev–Trinajstić information content (AvgIpc) is 2.99. The molecule has 4 aromatic heterocycles. The van der Waals surface area contributed by atoms with Crippen LogP contribution in [0.15, 0.2) is 67.0 Å². The van der Waals surface area contributed by atoms with Crippen LogP contribution >= 0.6 is 11.3 Å². The van der Waals surface area contributed by atoms with E-state index in [0.717, 1.165) is 33.2 Å². The molecule has 0 atom stereocenters. The second kappa shape index (κ2) is 4.83. The third-order valence-electron chi connectivity index (χ3n) is 3.98. The zero-order chi connectivity index (χ0) is 15.2. The van der Waals surface area contributed by atoms with E-state index in [1.807, 2.05) is 48.8 Å². The zero-order valence-corrected chi connectivity index (χ0v) is 12.9. The first-order valence-corrected chi connectivity index (χ1v) is 8.19. The molecular formula is C19H11N3S. The predicted molar refractivity (Wildman–Crippen MR) is 95.7 cm³/mol. The molecule has 0 saturated carbocycles. The fourth-order valence-electron chi connectivity index (χ4n) is 2.85. The normalized spacial score (nSPS) is 11.5. The highest BCUT2D eigenvalue weighted by Gasteiger charge is 2.09. The van der Waals surface area contributed by atoms with Gasteiger partial charge in [-0.1, -0.05) is 24.3 Å². The number of thiophene rings is 1. The molecule has 5 rings (SSSR count). The van der Waals surface area contributed by atoms with E-state index in [1.165, 1.54) is 9.40 Å². The van der Waals surface area contributed by atoms with Crippen LogP contribution in [0.3, 0.4) is 0 Å². The van der Waals surface area contributed by atoms with Gasteiger partial charge in [-0.15, -0.1) is 11.3 Å². The average molecular weight is 313 g/mol. The van der Waals surface area contributed by atoms with Crippen molar-refractivity contribution in [3.05, 3.63) is 67.0 Å². The summed E-state index contributed by atoms with van der Waals surface area (Å²) in [6, 6.07) is 18.5. The number of nitrogens with zero attached hydrogens (tertiary/aromatic N) is 3. The van der Waals surface area contributed by atoms with Crippen molar-refractivity contribution in [3.63, 3.8) is 0 Å². The molecule has 1 aromatic carbocycles. The summed E-state index contributed by atoms with van der Waals surface area (Å²) in [6.45, 7) is 0. The van der Waals surface area contributed by atoms with Gasteiger partial charge in [0.25, 0.3) is 0 Å². The molecule has 3 nitrogen and oxygen atoms in total. The van der Waals surface area contributed by atoms with Gasteiger partial charge in [-0.25, -0.2) is 9.97 Å². The molecule has 0 N–H and O–H groups in total. The number of pyridine rings is 3. The maximum atomic E-state index is 4.86. The predicted octanol–water partition coefficient (Wildman–Crippen LogP) is 5.06. The number of hydrogen-bond acceptors (Lipinski definition) is 4. The molecule has 0 bridgehead atoms. The van der Waals surface area contributed by atoms with Gasteiger partial charge in [0, 0.05) is 23.2 Å². The molecule has 23 heavy (non-hydrogen) atoms. The number of fused-ring (bicyclic) bond motifs is 4. The fourth-order valence-corrected chi connectivity index (χ4v) is 3.86. The summed E-state index contributed by atoms with van der Waals surface area (Å²) in [7, 11) is 0. The smallest absolute Gasteiger partial charge is 0.0897 e. The summed E-state index contributed by atoms with van der Waals surface area (Å²) in [5, 5.41) is 2.30. The van der Waals surface area contributed by atoms with Crippen LogP contribution in [0.25, 0.3) is 42.6 Å². The highest BCUT2D eigenvalue weighted by Crippen LogP contribution is 2.33. The molecule has 0 saturated heterocycles. The van der Waals surface area contributed by atoms with Gasteiger partial charge in [0.1, 0.15) is 0 Å². The quantitative estimate of drug-likeness (QED) is 0.434. The molecule has 0 radical (unpaired) electrons. The van der Waals surface area contributed by atoms with Crippen molar-refractivity contribution >= 4 is 42.5 Å². The highest BCUT2D eigenvalue weighted by molar-refractivity contribution is 7.25. The summed E-state index contributed by atoms with van der Waals surface area (Å²) in [5.74, 6) is 0. The number of aromatic nitrogens is 3. The minimum atomic E-state index is 0.902. The molecule has 0 aliphatic heterocycles. The SMILES string of the molecule is c1ccc2nc(-c3ccc4sc5cnccc5c4n3)ccc2c1. The van der Waals surface area contributed by atoms with Gasteiger partial charge >= 0.3 is 0 Å². The van der Waals surface area contributed by atoms with Gasteiger partial charge in [-0.05, 0) is 30.3 Å². The van der Waals surface area contributed by atoms with E-state index in [0.29, 0.717) is 0 Å². The van der Waals surface area contributed by atoms with Crippen molar-refractivity contribution in [2.24, 2.45) is 0 Å². The molecule has 0 spiro atoms. The Kier molecular flexibility index (Phi) is 2.66. The van der Waals surface area contributed by atoms with E-state index in [2.05, 4.69) is 23.2 Å². The van der Waals surface area contributed by atoms with Gasteiger partial charge in [0.2, 0.25) is 0 Å². The Balaban J connectivity index is 1.76. The summed E-state index contributed by atoms with van der Waals surface area (Å²) in [4.78, 5) is 13.8. The van der Waals surface area contributed by atoms with Gasteiger partial charge < -0.3 is 0 Å². The van der Waals surface area contributed by atoms with Crippen LogP contribution in [0.2, 0.25) is 0 Å². The Hall–Kier alpha value is -2.85. The number of benzene rings is 1. The van der Waals surface area contributed by atoms with Crippen LogP contribution in [-0.4, -0.2) is 15.0 Å². The van der Waals surface area contributed by atoms with Crippen LogP contribution in [-0.2, 0) is 0 Å². The largest absolute Gasteiger partial charge is 0.263 e. The minimum absolute atomic E-state index is 0.902. The van der Waals surface area contributed by atoms with E-state index in [9.17, 15) is 0 Å². The highest BCUT2D eigenvalue weighted by atomic mass is 32.1. The number of para-hydroxylation sites is 1. The topological polar surface area (TPSA) is 38.7 Å². The van der Waals surface area contributed by atoms with Gasteiger partial charge in [-0.2, -0.15) is 0 Å². The number of rotatable bonds is 1. The minimum Gasteiger partial charge on any atom is -0.263 e. The van der Waals surface area contributed by atoms with Crippen molar-refractivity contribution in [2.45, 2.75) is 0 Å². The first-order valence-electron chi connectivity index (χ1n) is 7.38. The van der Waals surface area contributed by atoms with Crippen molar-refractivity contribution in [2.75, 3.05) is 0 Å². The Labute approximate surface area is 136 Å².